The fraction of sp³-hybridized carbons (Fsp3) is 0.227. The number of benzene rings is 1. The van der Waals surface area contributed by atoms with Gasteiger partial charge in [0.1, 0.15) is 0 Å². The minimum atomic E-state index is 0.790. The average Bonchev–Trinajstić information content (AvgIpc) is 2.99. The maximum Gasteiger partial charge on any atom is 0.0807 e. The molecule has 0 fully saturated rings. The SMILES string of the molecule is C\C=C/C(/C=C1\Sc2ccccc2N1CC)=C1/C=CC=CC1=NCC. The molecule has 0 saturated carbocycles. The Labute approximate surface area is 155 Å². The quantitative estimate of drug-likeness (QED) is 0.671. The average molecular weight is 349 g/mol. The third-order valence-corrected chi connectivity index (χ3v) is 5.23. The Hall–Kier alpha value is -2.26. The monoisotopic (exact) mass is 348 g/mol. The molecule has 0 bridgehead atoms. The first-order valence-corrected chi connectivity index (χ1v) is 9.62. The highest BCUT2D eigenvalue weighted by Crippen LogP contribution is 2.46. The summed E-state index contributed by atoms with van der Waals surface area (Å²) < 4.78 is 0. The van der Waals surface area contributed by atoms with Gasteiger partial charge in [0.05, 0.1) is 16.4 Å². The van der Waals surface area contributed by atoms with Crippen LogP contribution in [0.25, 0.3) is 0 Å². The molecule has 0 N–H and O–H groups in total. The van der Waals surface area contributed by atoms with Gasteiger partial charge in [0.15, 0.2) is 0 Å². The molecule has 0 spiro atoms. The van der Waals surface area contributed by atoms with Gasteiger partial charge in [-0.1, -0.05) is 54.3 Å². The third kappa shape index (κ3) is 3.72. The summed E-state index contributed by atoms with van der Waals surface area (Å²) >= 11 is 1.84. The second-order valence-corrected chi connectivity index (χ2v) is 6.81. The van der Waals surface area contributed by atoms with Crippen LogP contribution < -0.4 is 4.90 Å². The number of allylic oxidation sites excluding steroid dienone is 9. The van der Waals surface area contributed by atoms with E-state index < -0.39 is 0 Å². The first kappa shape index (κ1) is 17.6. The van der Waals surface area contributed by atoms with Gasteiger partial charge in [-0.05, 0) is 50.6 Å². The van der Waals surface area contributed by atoms with Crippen LogP contribution in [0.1, 0.15) is 20.8 Å². The van der Waals surface area contributed by atoms with Gasteiger partial charge in [-0.3, -0.25) is 4.99 Å². The van der Waals surface area contributed by atoms with E-state index >= 15 is 0 Å². The van der Waals surface area contributed by atoms with Gasteiger partial charge in [-0.25, -0.2) is 0 Å². The highest BCUT2D eigenvalue weighted by Gasteiger charge is 2.23. The molecule has 1 aliphatic heterocycles. The van der Waals surface area contributed by atoms with Gasteiger partial charge in [-0.15, -0.1) is 0 Å². The predicted molar refractivity (Wildman–Crippen MR) is 111 cm³/mol. The van der Waals surface area contributed by atoms with Gasteiger partial charge >= 0.3 is 0 Å². The van der Waals surface area contributed by atoms with E-state index in [9.17, 15) is 0 Å². The summed E-state index contributed by atoms with van der Waals surface area (Å²) in [5, 5.41) is 1.27. The zero-order valence-corrected chi connectivity index (χ0v) is 15.9. The van der Waals surface area contributed by atoms with Crippen molar-refractivity contribution in [2.45, 2.75) is 25.7 Å². The zero-order chi connectivity index (χ0) is 17.6. The van der Waals surface area contributed by atoms with Crippen molar-refractivity contribution in [2.75, 3.05) is 18.0 Å². The number of hydrogen-bond acceptors (Lipinski definition) is 3. The van der Waals surface area contributed by atoms with Crippen molar-refractivity contribution >= 4 is 23.2 Å². The highest BCUT2D eigenvalue weighted by atomic mass is 32.2. The lowest BCUT2D eigenvalue weighted by molar-refractivity contribution is 1.00. The van der Waals surface area contributed by atoms with Crippen LogP contribution in [0.4, 0.5) is 5.69 Å². The van der Waals surface area contributed by atoms with Crippen molar-refractivity contribution in [3.05, 3.63) is 83.0 Å². The third-order valence-electron chi connectivity index (χ3n) is 4.12. The standard InChI is InChI=1S/C22H24N2S/c1-4-11-17(18-12-7-8-13-19(18)23-5-2)16-22-24(6-3)20-14-9-10-15-21(20)25-22/h4,7-16H,5-6H2,1-3H3/b11-4-,18-17+,22-16-,23-19?. The van der Waals surface area contributed by atoms with Gasteiger partial charge in [0, 0.05) is 23.6 Å². The molecule has 1 aromatic rings. The van der Waals surface area contributed by atoms with Gasteiger partial charge in [0.2, 0.25) is 0 Å². The number of hydrogen-bond donors (Lipinski definition) is 0. The summed E-state index contributed by atoms with van der Waals surface area (Å²) in [7, 11) is 0. The van der Waals surface area contributed by atoms with Crippen molar-refractivity contribution in [2.24, 2.45) is 4.99 Å². The number of thioether (sulfide) groups is 1. The molecule has 1 heterocycles. The second kappa shape index (κ2) is 8.21. The lowest BCUT2D eigenvalue weighted by Crippen LogP contribution is -2.16. The second-order valence-electron chi connectivity index (χ2n) is 5.74. The number of para-hydroxylation sites is 1. The van der Waals surface area contributed by atoms with E-state index in [1.807, 2.05) is 11.8 Å². The van der Waals surface area contributed by atoms with E-state index in [0.29, 0.717) is 0 Å². The molecule has 3 heteroatoms. The Morgan fingerprint density at radius 1 is 1.16 bits per heavy atom. The number of aliphatic imine (C=N–C) groups is 1. The van der Waals surface area contributed by atoms with Crippen LogP contribution in [0.15, 0.2) is 92.9 Å². The molecule has 25 heavy (non-hydrogen) atoms. The van der Waals surface area contributed by atoms with Crippen molar-refractivity contribution < 1.29 is 0 Å². The summed E-state index contributed by atoms with van der Waals surface area (Å²) in [6.45, 7) is 8.09. The van der Waals surface area contributed by atoms with E-state index in [2.05, 4.69) is 97.5 Å². The summed E-state index contributed by atoms with van der Waals surface area (Å²) in [6.07, 6.45) is 14.9. The molecule has 0 atom stereocenters. The fourth-order valence-electron chi connectivity index (χ4n) is 3.04. The topological polar surface area (TPSA) is 15.6 Å². The molecule has 128 valence electrons. The number of anilines is 1. The molecule has 0 aromatic heterocycles. The minimum absolute atomic E-state index is 0.790. The minimum Gasteiger partial charge on any atom is -0.335 e. The summed E-state index contributed by atoms with van der Waals surface area (Å²) in [5.41, 5.74) is 4.73. The molecule has 2 aliphatic rings. The molecule has 0 unspecified atom stereocenters. The predicted octanol–water partition coefficient (Wildman–Crippen LogP) is 5.92. The van der Waals surface area contributed by atoms with Crippen LogP contribution in [0.3, 0.4) is 0 Å². The van der Waals surface area contributed by atoms with Crippen LogP contribution in [-0.4, -0.2) is 18.8 Å². The van der Waals surface area contributed by atoms with Gasteiger partial charge in [-0.2, -0.15) is 0 Å². The molecule has 0 saturated heterocycles. The number of fused-ring (bicyclic) bond motifs is 1. The maximum atomic E-state index is 4.66. The molecule has 3 rings (SSSR count). The van der Waals surface area contributed by atoms with Crippen molar-refractivity contribution in [3.8, 4) is 0 Å². The van der Waals surface area contributed by atoms with E-state index in [4.69, 9.17) is 0 Å². The molecule has 0 radical (unpaired) electrons. The van der Waals surface area contributed by atoms with Crippen LogP contribution >= 0.6 is 11.8 Å². The van der Waals surface area contributed by atoms with Crippen LogP contribution in [0.5, 0.6) is 0 Å². The highest BCUT2D eigenvalue weighted by molar-refractivity contribution is 8.03. The molecule has 1 aliphatic carbocycles. The van der Waals surface area contributed by atoms with Crippen molar-refractivity contribution in [3.63, 3.8) is 0 Å². The molecular weight excluding hydrogens is 324 g/mol. The first-order valence-electron chi connectivity index (χ1n) is 8.81. The first-order chi connectivity index (χ1) is 12.3. The van der Waals surface area contributed by atoms with Gasteiger partial charge < -0.3 is 4.90 Å². The Morgan fingerprint density at radius 2 is 1.96 bits per heavy atom. The number of nitrogens with zero attached hydrogens (tertiary/aromatic N) is 2. The normalized spacial score (nSPS) is 21.6. The van der Waals surface area contributed by atoms with E-state index in [1.165, 1.54) is 26.8 Å². The van der Waals surface area contributed by atoms with Crippen LogP contribution in [0.2, 0.25) is 0 Å². The molecule has 0 amide bonds. The smallest absolute Gasteiger partial charge is 0.0807 e. The summed E-state index contributed by atoms with van der Waals surface area (Å²) in [4.78, 5) is 8.36. The Bertz CT molecular complexity index is 822. The Morgan fingerprint density at radius 3 is 2.72 bits per heavy atom. The fourth-order valence-corrected chi connectivity index (χ4v) is 4.22. The van der Waals surface area contributed by atoms with Crippen LogP contribution in [0, 0.1) is 0 Å². The Kier molecular flexibility index (Phi) is 5.77. The molecule has 2 nitrogen and oxygen atoms in total. The van der Waals surface area contributed by atoms with E-state index in [-0.39, 0.29) is 0 Å². The van der Waals surface area contributed by atoms with Crippen molar-refractivity contribution in [1.82, 2.24) is 0 Å². The van der Waals surface area contributed by atoms with Crippen LogP contribution in [-0.2, 0) is 0 Å². The van der Waals surface area contributed by atoms with Crippen molar-refractivity contribution in [1.29, 1.82) is 0 Å². The lowest BCUT2D eigenvalue weighted by Gasteiger charge is -2.19. The summed E-state index contributed by atoms with van der Waals surface area (Å²) in [5.74, 6) is 0. The largest absolute Gasteiger partial charge is 0.335 e. The van der Waals surface area contributed by atoms with E-state index in [1.54, 1.807) is 0 Å². The maximum absolute atomic E-state index is 4.66. The molecular formula is C22H24N2S. The zero-order valence-electron chi connectivity index (χ0n) is 15.1. The lowest BCUT2D eigenvalue weighted by atomic mass is 9.98. The van der Waals surface area contributed by atoms with E-state index in [0.717, 1.165) is 18.8 Å². The Balaban J connectivity index is 2.07. The van der Waals surface area contributed by atoms with Gasteiger partial charge in [0.25, 0.3) is 0 Å². The number of rotatable bonds is 4. The summed E-state index contributed by atoms with van der Waals surface area (Å²) in [6, 6.07) is 8.60. The molecule has 1 aromatic carbocycles.